The fraction of sp³-hybridized carbons (Fsp3) is 0.316. The molecule has 3 aromatic rings. The van der Waals surface area contributed by atoms with Gasteiger partial charge in [0.15, 0.2) is 17.1 Å². The minimum Gasteiger partial charge on any atom is -0.459 e. The number of aliphatic hydroxyl groups is 3. The Kier molecular flexibility index (Phi) is 4.56. The first-order valence-electron chi connectivity index (χ1n) is 8.42. The highest BCUT2D eigenvalue weighted by molar-refractivity contribution is 5.76. The number of ether oxygens (including phenoxy) is 2. The Morgan fingerprint density at radius 2 is 1.93 bits per heavy atom. The van der Waals surface area contributed by atoms with Crippen molar-refractivity contribution in [2.75, 3.05) is 6.61 Å². The van der Waals surface area contributed by atoms with Gasteiger partial charge in [-0.05, 0) is 42.8 Å². The lowest BCUT2D eigenvalue weighted by atomic mass is 10.1. The van der Waals surface area contributed by atoms with Crippen LogP contribution in [0.2, 0.25) is 0 Å². The Labute approximate surface area is 153 Å². The smallest absolute Gasteiger partial charge is 0.229 e. The molecule has 1 aliphatic heterocycles. The maximum atomic E-state index is 14.5. The quantitative estimate of drug-likeness (QED) is 0.641. The number of oxazole rings is 1. The van der Waals surface area contributed by atoms with Gasteiger partial charge >= 0.3 is 0 Å². The number of halogens is 1. The van der Waals surface area contributed by atoms with E-state index >= 15 is 0 Å². The predicted octanol–water partition coefficient (Wildman–Crippen LogP) is 1.76. The number of hydrogen-bond donors (Lipinski definition) is 3. The molecule has 2 aromatic carbocycles. The number of hydrogen-bond acceptors (Lipinski definition) is 7. The molecule has 0 spiro atoms. The normalized spacial score (nSPS) is 25.7. The zero-order valence-corrected chi connectivity index (χ0v) is 14.4. The largest absolute Gasteiger partial charge is 0.459 e. The summed E-state index contributed by atoms with van der Waals surface area (Å²) in [6.07, 6.45) is -5.46. The number of rotatable bonds is 3. The minimum atomic E-state index is -1.51. The molecule has 1 aliphatic rings. The molecule has 4 rings (SSSR count). The van der Waals surface area contributed by atoms with Gasteiger partial charge in [-0.25, -0.2) is 9.37 Å². The highest BCUT2D eigenvalue weighted by atomic mass is 19.1. The minimum absolute atomic E-state index is 0.168. The van der Waals surface area contributed by atoms with Crippen LogP contribution in [-0.4, -0.2) is 51.5 Å². The van der Waals surface area contributed by atoms with Gasteiger partial charge in [-0.3, -0.25) is 0 Å². The van der Waals surface area contributed by atoms with Crippen molar-refractivity contribution in [2.45, 2.75) is 31.5 Å². The fourth-order valence-electron chi connectivity index (χ4n) is 2.90. The van der Waals surface area contributed by atoms with E-state index in [9.17, 15) is 19.7 Å². The van der Waals surface area contributed by atoms with E-state index in [0.717, 1.165) is 5.56 Å². The Morgan fingerprint density at radius 3 is 2.70 bits per heavy atom. The molecule has 0 unspecified atom stereocenters. The molecule has 0 bridgehead atoms. The molecular weight excluding hydrogens is 357 g/mol. The second kappa shape index (κ2) is 6.90. The number of nitrogens with zero attached hydrogens (tertiary/aromatic N) is 1. The van der Waals surface area contributed by atoms with Crippen LogP contribution in [0.4, 0.5) is 4.39 Å². The summed E-state index contributed by atoms with van der Waals surface area (Å²) in [6.45, 7) is 1.71. The third-order valence-corrected chi connectivity index (χ3v) is 4.42. The molecule has 8 heteroatoms. The molecular formula is C19H18FNO6. The number of benzene rings is 2. The average Bonchev–Trinajstić information content (AvgIpc) is 3.06. The van der Waals surface area contributed by atoms with Crippen molar-refractivity contribution in [3.8, 4) is 17.2 Å². The van der Waals surface area contributed by atoms with Crippen molar-refractivity contribution < 1.29 is 33.6 Å². The van der Waals surface area contributed by atoms with Crippen LogP contribution in [0.3, 0.4) is 0 Å². The summed E-state index contributed by atoms with van der Waals surface area (Å²) in [5, 5.41) is 29.0. The lowest BCUT2D eigenvalue weighted by Gasteiger charge is -2.34. The first-order valence-corrected chi connectivity index (χ1v) is 8.42. The maximum absolute atomic E-state index is 14.5. The van der Waals surface area contributed by atoms with Gasteiger partial charge < -0.3 is 29.2 Å². The highest BCUT2D eigenvalue weighted by Gasteiger charge is 2.39. The molecule has 27 heavy (non-hydrogen) atoms. The Morgan fingerprint density at radius 1 is 1.11 bits per heavy atom. The summed E-state index contributed by atoms with van der Waals surface area (Å²) in [4.78, 5) is 4.36. The topological polar surface area (TPSA) is 105 Å². The summed E-state index contributed by atoms with van der Waals surface area (Å²) in [5.74, 6) is -0.603. The van der Waals surface area contributed by atoms with Gasteiger partial charge in [0.25, 0.3) is 0 Å². The lowest BCUT2D eigenvalue weighted by molar-refractivity contribution is -0.242. The summed E-state index contributed by atoms with van der Waals surface area (Å²) < 4.78 is 30.6. The molecule has 1 aromatic heterocycles. The van der Waals surface area contributed by atoms with E-state index in [-0.39, 0.29) is 18.2 Å². The van der Waals surface area contributed by atoms with E-state index < -0.39 is 30.4 Å². The lowest BCUT2D eigenvalue weighted by Crippen LogP contribution is -2.54. The van der Waals surface area contributed by atoms with Gasteiger partial charge in [-0.2, -0.15) is 0 Å². The molecule has 0 aliphatic carbocycles. The van der Waals surface area contributed by atoms with Gasteiger partial charge in [0.05, 0.1) is 6.61 Å². The fourth-order valence-corrected chi connectivity index (χ4v) is 2.90. The maximum Gasteiger partial charge on any atom is 0.229 e. The van der Waals surface area contributed by atoms with Gasteiger partial charge in [-0.15, -0.1) is 0 Å². The Bertz CT molecular complexity index is 974. The van der Waals surface area contributed by atoms with Crippen LogP contribution in [0.5, 0.6) is 5.75 Å². The van der Waals surface area contributed by atoms with E-state index in [4.69, 9.17) is 13.9 Å². The molecule has 4 atom stereocenters. The van der Waals surface area contributed by atoms with Crippen LogP contribution < -0.4 is 4.74 Å². The van der Waals surface area contributed by atoms with Crippen molar-refractivity contribution >= 4 is 11.1 Å². The van der Waals surface area contributed by atoms with Crippen molar-refractivity contribution in [2.24, 2.45) is 0 Å². The predicted molar refractivity (Wildman–Crippen MR) is 92.5 cm³/mol. The number of fused-ring (bicyclic) bond motifs is 1. The van der Waals surface area contributed by atoms with Crippen molar-refractivity contribution in [1.29, 1.82) is 0 Å². The molecule has 0 amide bonds. The molecule has 2 heterocycles. The Hall–Kier alpha value is -2.52. The number of aliphatic hydroxyl groups excluding tert-OH is 3. The van der Waals surface area contributed by atoms with Crippen LogP contribution in [-0.2, 0) is 4.74 Å². The molecule has 0 saturated carbocycles. The van der Waals surface area contributed by atoms with Gasteiger partial charge in [0.2, 0.25) is 12.2 Å². The van der Waals surface area contributed by atoms with E-state index in [1.807, 2.05) is 19.1 Å². The third-order valence-electron chi connectivity index (χ3n) is 4.42. The van der Waals surface area contributed by atoms with E-state index in [2.05, 4.69) is 4.98 Å². The summed E-state index contributed by atoms with van der Waals surface area (Å²) in [7, 11) is 0. The summed E-state index contributed by atoms with van der Waals surface area (Å²) in [5.41, 5.74) is 2.74. The standard InChI is InChI=1S/C19H18FNO6/c1-9-2-4-15-12(6-9)21-18(26-15)10-3-5-14(11(20)7-10)27-19-17(24)16(23)13(22)8-25-19/h2-7,13,16-17,19,22-24H,8H2,1H3/t13-,16-,17+,19+/m0/s1. The molecule has 0 radical (unpaired) electrons. The van der Waals surface area contributed by atoms with Crippen LogP contribution in [0.25, 0.3) is 22.6 Å². The van der Waals surface area contributed by atoms with E-state index in [1.165, 1.54) is 12.1 Å². The average molecular weight is 375 g/mol. The van der Waals surface area contributed by atoms with Gasteiger partial charge in [0.1, 0.15) is 23.8 Å². The van der Waals surface area contributed by atoms with Crippen LogP contribution in [0, 0.1) is 12.7 Å². The number of aryl methyl sites for hydroxylation is 1. The summed E-state index contributed by atoms with van der Waals surface area (Å²) >= 11 is 0. The summed E-state index contributed by atoms with van der Waals surface area (Å²) in [6, 6.07) is 9.70. The molecule has 142 valence electrons. The molecule has 1 fully saturated rings. The zero-order chi connectivity index (χ0) is 19.1. The second-order valence-electron chi connectivity index (χ2n) is 6.50. The van der Waals surface area contributed by atoms with Gasteiger partial charge in [-0.1, -0.05) is 6.07 Å². The van der Waals surface area contributed by atoms with Crippen molar-refractivity contribution in [3.05, 3.63) is 47.8 Å². The van der Waals surface area contributed by atoms with Crippen LogP contribution >= 0.6 is 0 Å². The monoisotopic (exact) mass is 375 g/mol. The highest BCUT2D eigenvalue weighted by Crippen LogP contribution is 2.30. The Balaban J connectivity index is 1.57. The molecule has 1 saturated heterocycles. The van der Waals surface area contributed by atoms with Gasteiger partial charge in [0, 0.05) is 5.56 Å². The van der Waals surface area contributed by atoms with Crippen molar-refractivity contribution in [3.63, 3.8) is 0 Å². The van der Waals surface area contributed by atoms with Crippen LogP contribution in [0.1, 0.15) is 5.56 Å². The molecule has 3 N–H and O–H groups in total. The third kappa shape index (κ3) is 3.40. The first kappa shape index (κ1) is 17.9. The SMILES string of the molecule is Cc1ccc2oc(-c3ccc(O[C@H]4OC[C@H](O)[C@H](O)[C@H]4O)c(F)c3)nc2c1. The van der Waals surface area contributed by atoms with E-state index in [1.54, 1.807) is 12.1 Å². The number of aromatic nitrogens is 1. The van der Waals surface area contributed by atoms with E-state index in [0.29, 0.717) is 16.7 Å². The zero-order valence-electron chi connectivity index (χ0n) is 14.4. The first-order chi connectivity index (χ1) is 12.9. The van der Waals surface area contributed by atoms with Crippen molar-refractivity contribution in [1.82, 2.24) is 4.98 Å². The molecule has 7 nitrogen and oxygen atoms in total. The van der Waals surface area contributed by atoms with Crippen LogP contribution in [0.15, 0.2) is 40.8 Å². The second-order valence-corrected chi connectivity index (χ2v) is 6.50.